The number of para-hydroxylation sites is 1. The number of rotatable bonds is 5. The minimum atomic E-state index is -0.305. The number of amides is 1. The van der Waals surface area contributed by atoms with E-state index in [1.807, 2.05) is 24.0 Å². The molecule has 0 bridgehead atoms. The minimum absolute atomic E-state index is 0.103. The molecule has 0 atom stereocenters. The highest BCUT2D eigenvalue weighted by Gasteiger charge is 2.22. The quantitative estimate of drug-likeness (QED) is 0.317. The van der Waals surface area contributed by atoms with E-state index in [-0.39, 0.29) is 17.5 Å². The normalized spacial score (nSPS) is 14.4. The van der Waals surface area contributed by atoms with Crippen LogP contribution in [0.2, 0.25) is 0 Å². The van der Waals surface area contributed by atoms with Crippen LogP contribution >= 0.6 is 0 Å². The maximum atomic E-state index is 14.1. The maximum Gasteiger partial charge on any atom is 0.246 e. The van der Waals surface area contributed by atoms with Crippen LogP contribution in [0.25, 0.3) is 27.7 Å². The molecule has 1 aliphatic rings. The van der Waals surface area contributed by atoms with E-state index in [0.29, 0.717) is 43.2 Å². The lowest BCUT2D eigenvalue weighted by molar-refractivity contribution is -0.126. The molecule has 0 unspecified atom stereocenters. The van der Waals surface area contributed by atoms with Gasteiger partial charge in [-0.1, -0.05) is 24.3 Å². The summed E-state index contributed by atoms with van der Waals surface area (Å²) in [6.07, 6.45) is 3.25. The van der Waals surface area contributed by atoms with Gasteiger partial charge in [-0.05, 0) is 48.4 Å². The SMILES string of the molecule is COc1cc2occ(-c3ccc(F)cc3)c2cc1/C(C)=C/C(=O)N1CCN(c2ccccc2F)CC1. The summed E-state index contributed by atoms with van der Waals surface area (Å²) in [5, 5.41) is 0.844. The molecule has 3 aromatic carbocycles. The van der Waals surface area contributed by atoms with Gasteiger partial charge in [0.05, 0.1) is 19.1 Å². The molecule has 0 radical (unpaired) electrons. The summed E-state index contributed by atoms with van der Waals surface area (Å²) in [4.78, 5) is 16.8. The molecule has 0 N–H and O–H groups in total. The van der Waals surface area contributed by atoms with E-state index in [0.717, 1.165) is 27.6 Å². The second-order valence-electron chi connectivity index (χ2n) is 8.80. The fourth-order valence-electron chi connectivity index (χ4n) is 4.62. The molecule has 5 nitrogen and oxygen atoms in total. The van der Waals surface area contributed by atoms with Gasteiger partial charge in [0.25, 0.3) is 0 Å². The van der Waals surface area contributed by atoms with Gasteiger partial charge in [-0.15, -0.1) is 0 Å². The molecule has 1 amide bonds. The number of methoxy groups -OCH3 is 1. The van der Waals surface area contributed by atoms with E-state index in [1.165, 1.54) is 18.2 Å². The summed E-state index contributed by atoms with van der Waals surface area (Å²) in [7, 11) is 1.57. The molecule has 7 heteroatoms. The molecule has 1 saturated heterocycles. The van der Waals surface area contributed by atoms with Crippen molar-refractivity contribution in [3.63, 3.8) is 0 Å². The number of anilines is 1. The Kier molecular flexibility index (Phi) is 6.46. The van der Waals surface area contributed by atoms with E-state index in [4.69, 9.17) is 9.15 Å². The zero-order chi connectivity index (χ0) is 25.2. The van der Waals surface area contributed by atoms with Gasteiger partial charge in [-0.3, -0.25) is 4.79 Å². The minimum Gasteiger partial charge on any atom is -0.496 e. The van der Waals surface area contributed by atoms with Crippen LogP contribution < -0.4 is 9.64 Å². The molecule has 0 aliphatic carbocycles. The Balaban J connectivity index is 1.38. The van der Waals surface area contributed by atoms with Gasteiger partial charge in [-0.25, -0.2) is 8.78 Å². The molecule has 0 spiro atoms. The third kappa shape index (κ3) is 4.56. The number of benzene rings is 3. The number of fused-ring (bicyclic) bond motifs is 1. The Morgan fingerprint density at radius 3 is 2.42 bits per heavy atom. The first-order valence-electron chi connectivity index (χ1n) is 11.8. The zero-order valence-corrected chi connectivity index (χ0v) is 20.1. The van der Waals surface area contributed by atoms with Crippen molar-refractivity contribution in [3.05, 3.63) is 90.2 Å². The molecule has 36 heavy (non-hydrogen) atoms. The first-order chi connectivity index (χ1) is 17.4. The smallest absolute Gasteiger partial charge is 0.246 e. The summed E-state index contributed by atoms with van der Waals surface area (Å²) in [6.45, 7) is 4.00. The van der Waals surface area contributed by atoms with Crippen molar-refractivity contribution in [2.24, 2.45) is 0 Å². The number of piperazine rings is 1. The topological polar surface area (TPSA) is 45.9 Å². The molecule has 1 aliphatic heterocycles. The molecule has 4 aromatic rings. The third-order valence-corrected chi connectivity index (χ3v) is 6.60. The van der Waals surface area contributed by atoms with Crippen molar-refractivity contribution in [1.29, 1.82) is 0 Å². The van der Waals surface area contributed by atoms with Gasteiger partial charge in [0.15, 0.2) is 0 Å². The number of halogens is 2. The van der Waals surface area contributed by atoms with Gasteiger partial charge in [0.1, 0.15) is 23.0 Å². The van der Waals surface area contributed by atoms with Crippen molar-refractivity contribution in [1.82, 2.24) is 4.90 Å². The number of carbonyl (C=O) groups excluding carboxylic acids is 1. The van der Waals surface area contributed by atoms with Crippen LogP contribution in [0, 0.1) is 11.6 Å². The molecule has 1 fully saturated rings. The Morgan fingerprint density at radius 1 is 1.00 bits per heavy atom. The van der Waals surface area contributed by atoms with Gasteiger partial charge in [-0.2, -0.15) is 0 Å². The summed E-state index contributed by atoms with van der Waals surface area (Å²) in [5.41, 5.74) is 4.38. The molecule has 1 aromatic heterocycles. The predicted octanol–water partition coefficient (Wildman–Crippen LogP) is 6.14. The number of furan rings is 1. The summed E-state index contributed by atoms with van der Waals surface area (Å²) in [5.74, 6) is -0.0714. The standard InChI is InChI=1S/C29H26F2N2O3/c1-19(15-29(34)33-13-11-32(12-14-33)26-6-4-3-5-25(26)31)22-16-23-24(20-7-9-21(30)10-8-20)18-36-28(23)17-27(22)35-2/h3-10,15-18H,11-14H2,1-2H3/b19-15+. The van der Waals surface area contributed by atoms with Crippen molar-refractivity contribution >= 4 is 28.1 Å². The Morgan fingerprint density at radius 2 is 1.72 bits per heavy atom. The van der Waals surface area contributed by atoms with Crippen LogP contribution in [0.4, 0.5) is 14.5 Å². The Hall–Kier alpha value is -4.13. The highest BCUT2D eigenvalue weighted by molar-refractivity contribution is 6.00. The van der Waals surface area contributed by atoms with Gasteiger partial charge >= 0.3 is 0 Å². The summed E-state index contributed by atoms with van der Waals surface area (Å²) < 4.78 is 38.9. The number of allylic oxidation sites excluding steroid dienone is 1. The van der Waals surface area contributed by atoms with Crippen LogP contribution in [-0.2, 0) is 4.79 Å². The second kappa shape index (κ2) is 9.85. The third-order valence-electron chi connectivity index (χ3n) is 6.60. The molecule has 5 rings (SSSR count). The number of hydrogen-bond donors (Lipinski definition) is 0. The van der Waals surface area contributed by atoms with E-state index < -0.39 is 0 Å². The summed E-state index contributed by atoms with van der Waals surface area (Å²) in [6, 6.07) is 16.7. The van der Waals surface area contributed by atoms with Crippen LogP contribution in [0.3, 0.4) is 0 Å². The van der Waals surface area contributed by atoms with E-state index >= 15 is 0 Å². The van der Waals surface area contributed by atoms with E-state index in [1.54, 1.807) is 54.7 Å². The lowest BCUT2D eigenvalue weighted by Crippen LogP contribution is -2.48. The van der Waals surface area contributed by atoms with Gasteiger partial charge in [0, 0.05) is 54.8 Å². The number of hydrogen-bond acceptors (Lipinski definition) is 4. The summed E-state index contributed by atoms with van der Waals surface area (Å²) >= 11 is 0. The Bertz CT molecular complexity index is 1430. The largest absolute Gasteiger partial charge is 0.496 e. The lowest BCUT2D eigenvalue weighted by atomic mass is 9.99. The van der Waals surface area contributed by atoms with Crippen LogP contribution in [0.1, 0.15) is 12.5 Å². The Labute approximate surface area is 208 Å². The van der Waals surface area contributed by atoms with Gasteiger partial charge < -0.3 is 19.0 Å². The van der Waals surface area contributed by atoms with Crippen LogP contribution in [0.5, 0.6) is 5.75 Å². The van der Waals surface area contributed by atoms with Crippen molar-refractivity contribution in [3.8, 4) is 16.9 Å². The first kappa shape index (κ1) is 23.6. The highest BCUT2D eigenvalue weighted by Crippen LogP contribution is 2.37. The zero-order valence-electron chi connectivity index (χ0n) is 20.1. The monoisotopic (exact) mass is 488 g/mol. The maximum absolute atomic E-state index is 14.1. The average Bonchev–Trinajstić information content (AvgIpc) is 3.31. The lowest BCUT2D eigenvalue weighted by Gasteiger charge is -2.35. The van der Waals surface area contributed by atoms with Crippen molar-refractivity contribution < 1.29 is 22.7 Å². The predicted molar refractivity (Wildman–Crippen MR) is 137 cm³/mol. The molecule has 2 heterocycles. The van der Waals surface area contributed by atoms with Gasteiger partial charge in [0.2, 0.25) is 5.91 Å². The highest BCUT2D eigenvalue weighted by atomic mass is 19.1. The molecular formula is C29H26F2N2O3. The molecule has 184 valence electrons. The number of ether oxygens (including phenoxy) is 1. The van der Waals surface area contributed by atoms with Crippen molar-refractivity contribution in [2.45, 2.75) is 6.92 Å². The second-order valence-corrected chi connectivity index (χ2v) is 8.80. The van der Waals surface area contributed by atoms with Crippen molar-refractivity contribution in [2.75, 3.05) is 38.2 Å². The van der Waals surface area contributed by atoms with E-state index in [2.05, 4.69) is 0 Å². The van der Waals surface area contributed by atoms with E-state index in [9.17, 15) is 13.6 Å². The first-order valence-corrected chi connectivity index (χ1v) is 11.8. The number of nitrogens with zero attached hydrogens (tertiary/aromatic N) is 2. The average molecular weight is 489 g/mol. The molecular weight excluding hydrogens is 462 g/mol. The number of carbonyl (C=O) groups is 1. The fraction of sp³-hybridized carbons (Fsp3) is 0.207. The van der Waals surface area contributed by atoms with Crippen LogP contribution in [0.15, 0.2) is 77.4 Å². The van der Waals surface area contributed by atoms with Crippen LogP contribution in [-0.4, -0.2) is 44.1 Å². The molecule has 0 saturated carbocycles. The fourth-order valence-corrected chi connectivity index (χ4v) is 4.62.